The highest BCUT2D eigenvalue weighted by Gasteiger charge is 2.28. The average molecular weight is 249 g/mol. The number of aryl methyl sites for hydroxylation is 1. The van der Waals surface area contributed by atoms with Crippen LogP contribution in [0.4, 0.5) is 11.8 Å². The summed E-state index contributed by atoms with van der Waals surface area (Å²) in [5.74, 6) is 6.86. The Hall–Kier alpha value is -1.36. The standard InChI is InChI=1S/C13H23N5/c1-4-13(3)5-7-18(8-6-13)11-9-10(2)15-12(16-11)17-14/h9H,4-8,14H2,1-3H3,(H,15,16,17). The largest absolute Gasteiger partial charge is 0.356 e. The zero-order chi connectivity index (χ0) is 13.2. The Morgan fingerprint density at radius 3 is 2.61 bits per heavy atom. The van der Waals surface area contributed by atoms with Gasteiger partial charge in [0.05, 0.1) is 0 Å². The molecule has 1 aromatic heterocycles. The third-order valence-electron chi connectivity index (χ3n) is 4.12. The molecule has 100 valence electrons. The van der Waals surface area contributed by atoms with E-state index in [-0.39, 0.29) is 0 Å². The van der Waals surface area contributed by atoms with Crippen LogP contribution in [0.25, 0.3) is 0 Å². The summed E-state index contributed by atoms with van der Waals surface area (Å²) in [5, 5.41) is 0. The molecule has 5 heteroatoms. The first kappa shape index (κ1) is 13.1. The molecule has 0 amide bonds. The van der Waals surface area contributed by atoms with Crippen LogP contribution in [0.1, 0.15) is 38.8 Å². The molecule has 0 spiro atoms. The van der Waals surface area contributed by atoms with Crippen molar-refractivity contribution in [2.75, 3.05) is 23.4 Å². The molecular formula is C13H23N5. The number of rotatable bonds is 3. The Morgan fingerprint density at radius 2 is 2.06 bits per heavy atom. The molecule has 0 aromatic carbocycles. The van der Waals surface area contributed by atoms with E-state index in [1.165, 1.54) is 19.3 Å². The first-order chi connectivity index (χ1) is 8.56. The second-order valence-electron chi connectivity index (χ2n) is 5.49. The van der Waals surface area contributed by atoms with Gasteiger partial charge in [0.1, 0.15) is 5.82 Å². The summed E-state index contributed by atoms with van der Waals surface area (Å²) in [6.45, 7) is 8.74. The molecule has 0 bridgehead atoms. The van der Waals surface area contributed by atoms with Gasteiger partial charge in [0.25, 0.3) is 0 Å². The van der Waals surface area contributed by atoms with Gasteiger partial charge in [-0.2, -0.15) is 4.98 Å². The molecule has 1 saturated heterocycles. The van der Waals surface area contributed by atoms with E-state index < -0.39 is 0 Å². The molecule has 1 aromatic rings. The van der Waals surface area contributed by atoms with Crippen LogP contribution in [0.2, 0.25) is 0 Å². The number of nitrogens with zero attached hydrogens (tertiary/aromatic N) is 3. The number of hydrogen-bond acceptors (Lipinski definition) is 5. The first-order valence-corrected chi connectivity index (χ1v) is 6.63. The highest BCUT2D eigenvalue weighted by molar-refractivity contribution is 5.44. The zero-order valence-corrected chi connectivity index (χ0v) is 11.5. The van der Waals surface area contributed by atoms with Gasteiger partial charge in [-0.15, -0.1) is 0 Å². The summed E-state index contributed by atoms with van der Waals surface area (Å²) in [5.41, 5.74) is 3.96. The third-order valence-corrected chi connectivity index (χ3v) is 4.12. The molecular weight excluding hydrogens is 226 g/mol. The lowest BCUT2D eigenvalue weighted by atomic mass is 9.78. The fraction of sp³-hybridized carbons (Fsp3) is 0.692. The lowest BCUT2D eigenvalue weighted by Gasteiger charge is -2.39. The average Bonchev–Trinajstić information content (AvgIpc) is 2.39. The van der Waals surface area contributed by atoms with E-state index in [0.717, 1.165) is 24.6 Å². The van der Waals surface area contributed by atoms with Crippen molar-refractivity contribution in [3.8, 4) is 0 Å². The number of anilines is 2. The molecule has 3 N–H and O–H groups in total. The van der Waals surface area contributed by atoms with Gasteiger partial charge in [-0.1, -0.05) is 20.3 Å². The topological polar surface area (TPSA) is 67.1 Å². The van der Waals surface area contributed by atoms with Crippen LogP contribution in [-0.4, -0.2) is 23.1 Å². The molecule has 2 rings (SSSR count). The van der Waals surface area contributed by atoms with Gasteiger partial charge < -0.3 is 4.90 Å². The van der Waals surface area contributed by atoms with Crippen LogP contribution >= 0.6 is 0 Å². The normalized spacial score (nSPS) is 18.8. The van der Waals surface area contributed by atoms with Crippen molar-refractivity contribution >= 4 is 11.8 Å². The summed E-state index contributed by atoms with van der Waals surface area (Å²) in [6, 6.07) is 2.02. The van der Waals surface area contributed by atoms with Gasteiger partial charge in [0, 0.05) is 24.8 Å². The number of piperidine rings is 1. The van der Waals surface area contributed by atoms with E-state index in [2.05, 4.69) is 34.1 Å². The second kappa shape index (κ2) is 5.10. The van der Waals surface area contributed by atoms with Crippen molar-refractivity contribution in [2.24, 2.45) is 11.3 Å². The molecule has 0 radical (unpaired) electrons. The fourth-order valence-corrected chi connectivity index (χ4v) is 2.41. The maximum absolute atomic E-state index is 5.39. The lowest BCUT2D eigenvalue weighted by molar-refractivity contribution is 0.238. The summed E-state index contributed by atoms with van der Waals surface area (Å²) >= 11 is 0. The Morgan fingerprint density at radius 1 is 1.39 bits per heavy atom. The molecule has 0 unspecified atom stereocenters. The van der Waals surface area contributed by atoms with Crippen LogP contribution in [0.15, 0.2) is 6.07 Å². The summed E-state index contributed by atoms with van der Waals surface area (Å²) in [6.07, 6.45) is 3.69. The maximum atomic E-state index is 5.39. The van der Waals surface area contributed by atoms with Crippen molar-refractivity contribution in [1.29, 1.82) is 0 Å². The summed E-state index contributed by atoms with van der Waals surface area (Å²) in [4.78, 5) is 11.0. The third kappa shape index (κ3) is 2.72. The molecule has 1 fully saturated rings. The van der Waals surface area contributed by atoms with Gasteiger partial charge >= 0.3 is 0 Å². The fourth-order valence-electron chi connectivity index (χ4n) is 2.41. The summed E-state index contributed by atoms with van der Waals surface area (Å²) in [7, 11) is 0. The smallest absolute Gasteiger partial charge is 0.239 e. The number of aromatic nitrogens is 2. The zero-order valence-electron chi connectivity index (χ0n) is 11.5. The number of nitrogens with one attached hydrogen (secondary N) is 1. The van der Waals surface area contributed by atoms with Crippen LogP contribution in [0.3, 0.4) is 0 Å². The van der Waals surface area contributed by atoms with Crippen molar-refractivity contribution < 1.29 is 0 Å². The van der Waals surface area contributed by atoms with E-state index in [4.69, 9.17) is 5.84 Å². The highest BCUT2D eigenvalue weighted by atomic mass is 15.3. The molecule has 0 atom stereocenters. The van der Waals surface area contributed by atoms with E-state index >= 15 is 0 Å². The van der Waals surface area contributed by atoms with Gasteiger partial charge in [-0.3, -0.25) is 5.43 Å². The van der Waals surface area contributed by atoms with E-state index in [0.29, 0.717) is 11.4 Å². The number of hydrazine groups is 1. The first-order valence-electron chi connectivity index (χ1n) is 6.63. The highest BCUT2D eigenvalue weighted by Crippen LogP contribution is 2.35. The maximum Gasteiger partial charge on any atom is 0.239 e. The minimum absolute atomic E-state index is 0.494. The Balaban J connectivity index is 2.12. The predicted octanol–water partition coefficient (Wildman–Crippen LogP) is 2.09. The lowest BCUT2D eigenvalue weighted by Crippen LogP contribution is -2.39. The van der Waals surface area contributed by atoms with Crippen LogP contribution in [0.5, 0.6) is 0 Å². The van der Waals surface area contributed by atoms with Crippen molar-refractivity contribution in [1.82, 2.24) is 9.97 Å². The molecule has 18 heavy (non-hydrogen) atoms. The quantitative estimate of drug-likeness (QED) is 0.634. The van der Waals surface area contributed by atoms with Gasteiger partial charge in [0.2, 0.25) is 5.95 Å². The van der Waals surface area contributed by atoms with E-state index in [1.54, 1.807) is 0 Å². The number of nitrogen functional groups attached to an aromatic ring is 1. The van der Waals surface area contributed by atoms with E-state index in [9.17, 15) is 0 Å². The summed E-state index contributed by atoms with van der Waals surface area (Å²) < 4.78 is 0. The number of hydrogen-bond donors (Lipinski definition) is 2. The molecule has 1 aliphatic heterocycles. The van der Waals surface area contributed by atoms with Gasteiger partial charge in [-0.25, -0.2) is 10.8 Å². The Bertz CT molecular complexity index is 410. The minimum atomic E-state index is 0.494. The predicted molar refractivity (Wildman–Crippen MR) is 74.4 cm³/mol. The Labute approximate surface area is 109 Å². The molecule has 0 aliphatic carbocycles. The van der Waals surface area contributed by atoms with Crippen LogP contribution < -0.4 is 16.2 Å². The number of nitrogens with two attached hydrogens (primary N) is 1. The minimum Gasteiger partial charge on any atom is -0.356 e. The van der Waals surface area contributed by atoms with Gasteiger partial charge in [-0.05, 0) is 25.2 Å². The second-order valence-corrected chi connectivity index (χ2v) is 5.49. The van der Waals surface area contributed by atoms with Crippen LogP contribution in [0, 0.1) is 12.3 Å². The van der Waals surface area contributed by atoms with E-state index in [1.807, 2.05) is 13.0 Å². The molecule has 5 nitrogen and oxygen atoms in total. The SMILES string of the molecule is CCC1(C)CCN(c2cc(C)nc(NN)n2)CC1. The van der Waals surface area contributed by atoms with Crippen molar-refractivity contribution in [2.45, 2.75) is 40.0 Å². The van der Waals surface area contributed by atoms with Gasteiger partial charge in [0.15, 0.2) is 0 Å². The molecule has 1 aliphatic rings. The monoisotopic (exact) mass is 249 g/mol. The van der Waals surface area contributed by atoms with Crippen LogP contribution in [-0.2, 0) is 0 Å². The molecule has 0 saturated carbocycles. The molecule has 2 heterocycles. The van der Waals surface area contributed by atoms with Crippen molar-refractivity contribution in [3.63, 3.8) is 0 Å². The Kier molecular flexibility index (Phi) is 3.71. The van der Waals surface area contributed by atoms with Crippen molar-refractivity contribution in [3.05, 3.63) is 11.8 Å².